The molecule has 2 N–H and O–H groups in total. The lowest BCUT2D eigenvalue weighted by Crippen LogP contribution is -2.15. The molecule has 0 aromatic heterocycles. The first kappa shape index (κ1) is 11.1. The number of aliphatic hydroxyl groups is 2. The van der Waals surface area contributed by atoms with Crippen molar-refractivity contribution in [2.75, 3.05) is 6.61 Å². The third-order valence-electron chi connectivity index (χ3n) is 1.28. The molecule has 0 spiro atoms. The van der Waals surface area contributed by atoms with Gasteiger partial charge in [0, 0.05) is 19.1 Å². The van der Waals surface area contributed by atoms with E-state index >= 15 is 0 Å². The Morgan fingerprint density at radius 3 is 2.75 bits per heavy atom. The van der Waals surface area contributed by atoms with Gasteiger partial charge in [0.25, 0.3) is 0 Å². The molecular weight excluding hydrogens is 160 g/mol. The minimum Gasteiger partial charge on any atom is -0.433 e. The highest BCUT2D eigenvalue weighted by Gasteiger charge is 2.06. The third kappa shape index (κ3) is 5.88. The maximum Gasteiger partial charge on any atom is 0.332 e. The Bertz CT molecular complexity index is 144. The highest BCUT2D eigenvalue weighted by molar-refractivity contribution is 5.81. The molecule has 1 unspecified atom stereocenters. The summed E-state index contributed by atoms with van der Waals surface area (Å²) in [4.78, 5) is 10.5. The second-order valence-corrected chi connectivity index (χ2v) is 2.32. The molecular formula is C8H14O4. The van der Waals surface area contributed by atoms with Crippen molar-refractivity contribution >= 4 is 5.97 Å². The van der Waals surface area contributed by atoms with Crippen molar-refractivity contribution in [2.45, 2.75) is 25.6 Å². The van der Waals surface area contributed by atoms with Gasteiger partial charge in [-0.25, -0.2) is 4.79 Å². The van der Waals surface area contributed by atoms with Crippen LogP contribution in [0, 0.1) is 0 Å². The second kappa shape index (κ2) is 6.82. The van der Waals surface area contributed by atoms with E-state index in [1.165, 1.54) is 0 Å². The van der Waals surface area contributed by atoms with Gasteiger partial charge in [-0.3, -0.25) is 0 Å². The van der Waals surface area contributed by atoms with E-state index < -0.39 is 12.3 Å². The Hall–Kier alpha value is -0.870. The largest absolute Gasteiger partial charge is 0.433 e. The highest BCUT2D eigenvalue weighted by Crippen LogP contribution is 2.01. The predicted octanol–water partition coefficient (Wildman–Crippen LogP) is 0.197. The van der Waals surface area contributed by atoms with Crippen LogP contribution in [0.5, 0.6) is 0 Å². The van der Waals surface area contributed by atoms with Gasteiger partial charge >= 0.3 is 5.97 Å². The minimum absolute atomic E-state index is 0.0854. The molecule has 1 atom stereocenters. The highest BCUT2D eigenvalue weighted by atomic mass is 16.6. The standard InChI is InChI=1S/C8H14O4/c1-2-7(10)12-8(11)5-3-4-6-9/h2,8-9,11H,1,3-6H2. The Morgan fingerprint density at radius 1 is 1.58 bits per heavy atom. The molecule has 70 valence electrons. The topological polar surface area (TPSA) is 66.8 Å². The van der Waals surface area contributed by atoms with Crippen LogP contribution in [0.2, 0.25) is 0 Å². The second-order valence-electron chi connectivity index (χ2n) is 2.32. The number of hydrogen-bond acceptors (Lipinski definition) is 4. The summed E-state index contributed by atoms with van der Waals surface area (Å²) in [6.07, 6.45) is 1.49. The van der Waals surface area contributed by atoms with Gasteiger partial charge in [0.15, 0.2) is 0 Å². The van der Waals surface area contributed by atoms with Crippen LogP contribution < -0.4 is 0 Å². The van der Waals surface area contributed by atoms with Gasteiger partial charge in [-0.1, -0.05) is 6.58 Å². The number of carbonyl (C=O) groups excluding carboxylic acids is 1. The number of ether oxygens (including phenoxy) is 1. The molecule has 0 fully saturated rings. The van der Waals surface area contributed by atoms with Gasteiger partial charge < -0.3 is 14.9 Å². The molecule has 0 rings (SSSR count). The molecule has 0 radical (unpaired) electrons. The number of unbranched alkanes of at least 4 members (excludes halogenated alkanes) is 1. The molecule has 4 heteroatoms. The van der Waals surface area contributed by atoms with E-state index in [0.29, 0.717) is 19.3 Å². The van der Waals surface area contributed by atoms with Crippen LogP contribution in [0.25, 0.3) is 0 Å². The molecule has 0 aromatic rings. The summed E-state index contributed by atoms with van der Waals surface area (Å²) in [5.74, 6) is -0.633. The van der Waals surface area contributed by atoms with E-state index in [4.69, 9.17) is 10.2 Å². The lowest BCUT2D eigenvalue weighted by Gasteiger charge is -2.09. The van der Waals surface area contributed by atoms with Crippen molar-refractivity contribution in [3.05, 3.63) is 12.7 Å². The van der Waals surface area contributed by atoms with E-state index in [0.717, 1.165) is 6.08 Å². The van der Waals surface area contributed by atoms with Gasteiger partial charge in [-0.2, -0.15) is 0 Å². The van der Waals surface area contributed by atoms with Crippen LogP contribution in [0.4, 0.5) is 0 Å². The lowest BCUT2D eigenvalue weighted by molar-refractivity contribution is -0.162. The zero-order chi connectivity index (χ0) is 9.40. The van der Waals surface area contributed by atoms with Crippen molar-refractivity contribution in [3.8, 4) is 0 Å². The molecule has 0 aliphatic rings. The summed E-state index contributed by atoms with van der Waals surface area (Å²) in [7, 11) is 0. The lowest BCUT2D eigenvalue weighted by atomic mass is 10.2. The number of aliphatic hydroxyl groups excluding tert-OH is 2. The fourth-order valence-electron chi connectivity index (χ4n) is 0.672. The van der Waals surface area contributed by atoms with Gasteiger partial charge in [0.05, 0.1) is 0 Å². The first-order valence-corrected chi connectivity index (χ1v) is 3.82. The van der Waals surface area contributed by atoms with E-state index in [1.54, 1.807) is 0 Å². The number of rotatable bonds is 6. The molecule has 0 aliphatic heterocycles. The van der Waals surface area contributed by atoms with Gasteiger partial charge in [0.1, 0.15) is 0 Å². The first-order valence-electron chi connectivity index (χ1n) is 3.82. The summed E-state index contributed by atoms with van der Waals surface area (Å²) in [6.45, 7) is 3.27. The molecule has 0 bridgehead atoms. The fourth-order valence-corrected chi connectivity index (χ4v) is 0.672. The van der Waals surface area contributed by atoms with Crippen molar-refractivity contribution in [2.24, 2.45) is 0 Å². The zero-order valence-corrected chi connectivity index (χ0v) is 6.90. The Labute approximate surface area is 71.5 Å². The van der Waals surface area contributed by atoms with Crippen LogP contribution >= 0.6 is 0 Å². The van der Waals surface area contributed by atoms with Crippen molar-refractivity contribution in [1.29, 1.82) is 0 Å². The molecule has 0 amide bonds. The summed E-state index contributed by atoms with van der Waals surface area (Å²) < 4.78 is 4.46. The molecule has 0 saturated carbocycles. The maximum absolute atomic E-state index is 10.5. The molecule has 0 aromatic carbocycles. The third-order valence-corrected chi connectivity index (χ3v) is 1.28. The Kier molecular flexibility index (Phi) is 6.32. The van der Waals surface area contributed by atoms with Crippen LogP contribution in [-0.4, -0.2) is 29.1 Å². The van der Waals surface area contributed by atoms with Gasteiger partial charge in [-0.15, -0.1) is 0 Å². The van der Waals surface area contributed by atoms with Gasteiger partial charge in [-0.05, 0) is 12.8 Å². The molecule has 0 heterocycles. The van der Waals surface area contributed by atoms with Gasteiger partial charge in [0.2, 0.25) is 6.29 Å². The van der Waals surface area contributed by atoms with Crippen molar-refractivity contribution < 1.29 is 19.7 Å². The predicted molar refractivity (Wildman–Crippen MR) is 43.2 cm³/mol. The van der Waals surface area contributed by atoms with Crippen LogP contribution in [-0.2, 0) is 9.53 Å². The Balaban J connectivity index is 3.38. The first-order chi connectivity index (χ1) is 5.70. The van der Waals surface area contributed by atoms with Crippen LogP contribution in [0.15, 0.2) is 12.7 Å². The quantitative estimate of drug-likeness (QED) is 0.261. The zero-order valence-electron chi connectivity index (χ0n) is 6.90. The van der Waals surface area contributed by atoms with E-state index in [2.05, 4.69) is 11.3 Å². The summed E-state index contributed by atoms with van der Waals surface area (Å²) in [6, 6.07) is 0. The molecule has 0 saturated heterocycles. The normalized spacial score (nSPS) is 12.2. The van der Waals surface area contributed by atoms with E-state index in [9.17, 15) is 4.79 Å². The Morgan fingerprint density at radius 2 is 2.25 bits per heavy atom. The van der Waals surface area contributed by atoms with Crippen molar-refractivity contribution in [3.63, 3.8) is 0 Å². The van der Waals surface area contributed by atoms with Crippen LogP contribution in [0.3, 0.4) is 0 Å². The number of carbonyl (C=O) groups is 1. The fraction of sp³-hybridized carbons (Fsp3) is 0.625. The average molecular weight is 174 g/mol. The summed E-state index contributed by atoms with van der Waals surface area (Å²) >= 11 is 0. The maximum atomic E-state index is 10.5. The smallest absolute Gasteiger partial charge is 0.332 e. The average Bonchev–Trinajstić information content (AvgIpc) is 2.05. The number of esters is 1. The molecule has 4 nitrogen and oxygen atoms in total. The summed E-state index contributed by atoms with van der Waals surface area (Å²) in [5, 5.41) is 17.4. The summed E-state index contributed by atoms with van der Waals surface area (Å²) in [5.41, 5.74) is 0. The van der Waals surface area contributed by atoms with Crippen molar-refractivity contribution in [1.82, 2.24) is 0 Å². The minimum atomic E-state index is -1.08. The van der Waals surface area contributed by atoms with E-state index in [1.807, 2.05) is 0 Å². The molecule has 0 aliphatic carbocycles. The van der Waals surface area contributed by atoms with Crippen LogP contribution in [0.1, 0.15) is 19.3 Å². The monoisotopic (exact) mass is 174 g/mol. The molecule has 12 heavy (non-hydrogen) atoms. The SMILES string of the molecule is C=CC(=O)OC(O)CCCCO. The number of hydrogen-bond donors (Lipinski definition) is 2. The van der Waals surface area contributed by atoms with E-state index in [-0.39, 0.29) is 6.61 Å².